The lowest BCUT2D eigenvalue weighted by Gasteiger charge is -2.26. The Labute approximate surface area is 84.0 Å². The Bertz CT molecular complexity index is 124. The van der Waals surface area contributed by atoms with Crippen molar-refractivity contribution in [1.29, 1.82) is 0 Å². The highest BCUT2D eigenvalue weighted by molar-refractivity contribution is 6.48. The molecule has 0 aliphatic rings. The van der Waals surface area contributed by atoms with Crippen LogP contribution in [0.25, 0.3) is 0 Å². The monoisotopic (exact) mass is 204 g/mol. The van der Waals surface area contributed by atoms with Crippen LogP contribution in [0.15, 0.2) is 0 Å². The minimum atomic E-state index is -1.10. The second kappa shape index (κ2) is 6.57. The molecule has 0 saturated heterocycles. The molecule has 1 unspecified atom stereocenters. The normalized spacial score (nSPS) is 16.2. The summed E-state index contributed by atoms with van der Waals surface area (Å²) in [5.41, 5.74) is 0. The molecule has 80 valence electrons. The summed E-state index contributed by atoms with van der Waals surface area (Å²) in [6.45, 7) is 8.14. The summed E-state index contributed by atoms with van der Waals surface area (Å²) in [4.78, 5) is 0. The fourth-order valence-electron chi connectivity index (χ4n) is 1.45. The molecule has 0 aromatic carbocycles. The molecule has 0 rings (SSSR count). The molecular weight excluding hydrogens is 180 g/mol. The van der Waals surface area contributed by atoms with Gasteiger partial charge in [0, 0.05) is 0 Å². The second-order valence-corrected chi connectivity index (χ2v) is 6.49. The molecule has 0 saturated carbocycles. The fraction of sp³-hybridized carbons (Fsp3) is 1.00. The molecule has 0 radical (unpaired) electrons. The van der Waals surface area contributed by atoms with Gasteiger partial charge in [-0.2, -0.15) is 0 Å². The van der Waals surface area contributed by atoms with Crippen LogP contribution in [0.1, 0.15) is 46.0 Å². The minimum Gasteiger partial charge on any atom is -0.394 e. The van der Waals surface area contributed by atoms with Crippen molar-refractivity contribution >= 4 is 9.04 Å². The smallest absolute Gasteiger partial charge is 0.174 e. The van der Waals surface area contributed by atoms with Crippen LogP contribution in [-0.2, 0) is 4.43 Å². The number of unbranched alkanes of at least 4 members (excludes halogenated alkanes) is 3. The van der Waals surface area contributed by atoms with Crippen molar-refractivity contribution < 1.29 is 9.53 Å². The molecule has 0 amide bonds. The summed E-state index contributed by atoms with van der Waals surface area (Å²) in [6.07, 6.45) is 5.55. The zero-order valence-corrected chi connectivity index (χ0v) is 10.6. The van der Waals surface area contributed by atoms with Gasteiger partial charge >= 0.3 is 0 Å². The summed E-state index contributed by atoms with van der Waals surface area (Å²) in [5, 5.41) is 9.80. The van der Waals surface area contributed by atoms with Crippen LogP contribution in [0, 0.1) is 0 Å². The van der Waals surface area contributed by atoms with E-state index in [0.29, 0.717) is 0 Å². The molecule has 0 aliphatic heterocycles. The second-order valence-electron chi connectivity index (χ2n) is 4.15. The van der Waals surface area contributed by atoms with Crippen molar-refractivity contribution in [1.82, 2.24) is 0 Å². The SMILES string of the molecule is CCCCCCC(C)(O)O[SiH](C)C. The van der Waals surface area contributed by atoms with Crippen molar-refractivity contribution in [2.45, 2.75) is 64.8 Å². The van der Waals surface area contributed by atoms with Gasteiger partial charge in [-0.15, -0.1) is 0 Å². The molecule has 0 spiro atoms. The maximum absolute atomic E-state index is 9.80. The molecule has 13 heavy (non-hydrogen) atoms. The Balaban J connectivity index is 3.50. The van der Waals surface area contributed by atoms with E-state index in [1.165, 1.54) is 19.3 Å². The zero-order valence-electron chi connectivity index (χ0n) is 9.47. The lowest BCUT2D eigenvalue weighted by molar-refractivity contribution is -0.130. The van der Waals surface area contributed by atoms with E-state index in [1.807, 2.05) is 0 Å². The van der Waals surface area contributed by atoms with Crippen molar-refractivity contribution in [3.63, 3.8) is 0 Å². The number of rotatable bonds is 7. The van der Waals surface area contributed by atoms with Crippen LogP contribution >= 0.6 is 0 Å². The molecule has 3 heteroatoms. The molecule has 1 atom stereocenters. The topological polar surface area (TPSA) is 29.5 Å². The maximum Gasteiger partial charge on any atom is 0.174 e. The van der Waals surface area contributed by atoms with Crippen LogP contribution in [0.3, 0.4) is 0 Å². The van der Waals surface area contributed by atoms with E-state index in [0.717, 1.165) is 12.8 Å². The van der Waals surface area contributed by atoms with E-state index >= 15 is 0 Å². The first-order valence-corrected chi connectivity index (χ1v) is 8.16. The van der Waals surface area contributed by atoms with E-state index in [2.05, 4.69) is 20.0 Å². The van der Waals surface area contributed by atoms with Crippen molar-refractivity contribution in [3.8, 4) is 0 Å². The minimum absolute atomic E-state index is 0.776. The van der Waals surface area contributed by atoms with Crippen molar-refractivity contribution in [3.05, 3.63) is 0 Å². The molecule has 0 bridgehead atoms. The van der Waals surface area contributed by atoms with Crippen LogP contribution < -0.4 is 0 Å². The first-order valence-electron chi connectivity index (χ1n) is 5.38. The largest absolute Gasteiger partial charge is 0.394 e. The fourth-order valence-corrected chi connectivity index (χ4v) is 2.58. The predicted molar refractivity (Wildman–Crippen MR) is 59.3 cm³/mol. The molecule has 0 aromatic heterocycles. The summed E-state index contributed by atoms with van der Waals surface area (Å²) in [6, 6.07) is 0. The van der Waals surface area contributed by atoms with Gasteiger partial charge in [0.2, 0.25) is 0 Å². The van der Waals surface area contributed by atoms with Crippen LogP contribution in [0.4, 0.5) is 0 Å². The van der Waals surface area contributed by atoms with Crippen LogP contribution in [-0.4, -0.2) is 19.9 Å². The van der Waals surface area contributed by atoms with Gasteiger partial charge in [-0.1, -0.05) is 26.2 Å². The van der Waals surface area contributed by atoms with E-state index in [4.69, 9.17) is 4.43 Å². The lowest BCUT2D eigenvalue weighted by Crippen LogP contribution is -2.33. The van der Waals surface area contributed by atoms with Gasteiger partial charge in [-0.05, 0) is 32.9 Å². The van der Waals surface area contributed by atoms with Crippen LogP contribution in [0.5, 0.6) is 0 Å². The highest BCUT2D eigenvalue weighted by atomic mass is 28.3. The highest BCUT2D eigenvalue weighted by Gasteiger charge is 2.21. The maximum atomic E-state index is 9.80. The van der Waals surface area contributed by atoms with Gasteiger partial charge in [-0.3, -0.25) is 0 Å². The van der Waals surface area contributed by atoms with E-state index in [9.17, 15) is 5.11 Å². The quantitative estimate of drug-likeness (QED) is 0.392. The molecular formula is C10H24O2Si. The van der Waals surface area contributed by atoms with Gasteiger partial charge in [0.1, 0.15) is 0 Å². The number of hydrogen-bond donors (Lipinski definition) is 1. The van der Waals surface area contributed by atoms with Gasteiger partial charge in [0.15, 0.2) is 14.8 Å². The first-order chi connectivity index (χ1) is 5.98. The standard InChI is InChI=1S/C10H24O2Si/c1-5-6-7-8-9-10(2,11)12-13(3)4/h11,13H,5-9H2,1-4H3. The average molecular weight is 204 g/mol. The van der Waals surface area contributed by atoms with Crippen LogP contribution in [0.2, 0.25) is 13.1 Å². The first kappa shape index (κ1) is 13.1. The van der Waals surface area contributed by atoms with Gasteiger partial charge in [0.05, 0.1) is 0 Å². The predicted octanol–water partition coefficient (Wildman–Crippen LogP) is 2.67. The van der Waals surface area contributed by atoms with Crippen molar-refractivity contribution in [2.75, 3.05) is 0 Å². The molecule has 2 nitrogen and oxygen atoms in total. The molecule has 0 aromatic rings. The summed E-state index contributed by atoms with van der Waals surface area (Å²) >= 11 is 0. The van der Waals surface area contributed by atoms with E-state index < -0.39 is 14.8 Å². The Kier molecular flexibility index (Phi) is 6.64. The van der Waals surface area contributed by atoms with E-state index in [-0.39, 0.29) is 0 Å². The summed E-state index contributed by atoms with van der Waals surface area (Å²) < 4.78 is 5.51. The molecule has 0 heterocycles. The average Bonchev–Trinajstić information content (AvgIpc) is 1.95. The van der Waals surface area contributed by atoms with Gasteiger partial charge in [-0.25, -0.2) is 0 Å². The summed E-state index contributed by atoms with van der Waals surface area (Å²) in [7, 11) is -1.10. The third kappa shape index (κ3) is 8.47. The molecule has 0 aliphatic carbocycles. The molecule has 0 fully saturated rings. The summed E-state index contributed by atoms with van der Waals surface area (Å²) in [5.74, 6) is -0.867. The third-order valence-electron chi connectivity index (χ3n) is 1.98. The Hall–Kier alpha value is 0.137. The number of aliphatic hydroxyl groups is 1. The number of hydrogen-bond acceptors (Lipinski definition) is 2. The van der Waals surface area contributed by atoms with Gasteiger partial charge in [0.25, 0.3) is 0 Å². The Morgan fingerprint density at radius 1 is 1.23 bits per heavy atom. The van der Waals surface area contributed by atoms with Crippen molar-refractivity contribution in [2.24, 2.45) is 0 Å². The zero-order chi connectivity index (χ0) is 10.3. The molecule has 1 N–H and O–H groups in total. The lowest BCUT2D eigenvalue weighted by atomic mass is 10.1. The third-order valence-corrected chi connectivity index (χ3v) is 2.96. The highest BCUT2D eigenvalue weighted by Crippen LogP contribution is 2.17. The Morgan fingerprint density at radius 2 is 1.85 bits per heavy atom. The van der Waals surface area contributed by atoms with E-state index in [1.54, 1.807) is 6.92 Å². The Morgan fingerprint density at radius 3 is 2.31 bits per heavy atom. The van der Waals surface area contributed by atoms with Gasteiger partial charge < -0.3 is 9.53 Å².